The molecule has 0 radical (unpaired) electrons. The van der Waals surface area contributed by atoms with E-state index in [9.17, 15) is 4.79 Å². The quantitative estimate of drug-likeness (QED) is 0.866. The fraction of sp³-hybridized carbons (Fsp3) is 0.833. The first kappa shape index (κ1) is 17.4. The minimum Gasteiger partial charge on any atom is -0.342 e. The van der Waals surface area contributed by atoms with Crippen molar-refractivity contribution in [3.63, 3.8) is 0 Å². The summed E-state index contributed by atoms with van der Waals surface area (Å²) >= 11 is 0. The van der Waals surface area contributed by atoms with Gasteiger partial charge in [0.05, 0.1) is 6.04 Å². The van der Waals surface area contributed by atoms with Gasteiger partial charge in [-0.3, -0.25) is 4.79 Å². The summed E-state index contributed by atoms with van der Waals surface area (Å²) in [6, 6.07) is 0.428. The third-order valence-corrected chi connectivity index (χ3v) is 5.30. The molecule has 1 aromatic heterocycles. The van der Waals surface area contributed by atoms with Gasteiger partial charge in [0.1, 0.15) is 0 Å². The van der Waals surface area contributed by atoms with Crippen LogP contribution < -0.4 is 5.32 Å². The number of likely N-dealkylation sites (tertiary alicyclic amines) is 1. The number of hydrogen-bond acceptors (Lipinski definition) is 5. The number of aromatic nitrogens is 2. The van der Waals surface area contributed by atoms with E-state index in [2.05, 4.69) is 48.1 Å². The standard InChI is InChI=1S/C18H30N4O2/c1-5-13-10-22(18(23)14-6-7-14)9-8-15(13)19-12(4)17-20-16(11(2)3)21-24-17/h11-15,19H,5-10H2,1-4H3/t12-,13+,15-/m0/s1. The number of nitrogens with zero attached hydrogens (tertiary/aromatic N) is 3. The molecular weight excluding hydrogens is 304 g/mol. The van der Waals surface area contributed by atoms with Crippen LogP contribution in [0.25, 0.3) is 0 Å². The van der Waals surface area contributed by atoms with E-state index in [0.717, 1.165) is 44.6 Å². The number of piperidine rings is 1. The monoisotopic (exact) mass is 334 g/mol. The van der Waals surface area contributed by atoms with Crippen LogP contribution >= 0.6 is 0 Å². The number of hydrogen-bond donors (Lipinski definition) is 1. The summed E-state index contributed by atoms with van der Waals surface area (Å²) in [6.45, 7) is 10.1. The fourth-order valence-corrected chi connectivity index (χ4v) is 3.50. The van der Waals surface area contributed by atoms with Crippen molar-refractivity contribution in [3.8, 4) is 0 Å². The molecule has 1 amide bonds. The Morgan fingerprint density at radius 1 is 1.33 bits per heavy atom. The van der Waals surface area contributed by atoms with Crippen molar-refractivity contribution in [1.82, 2.24) is 20.4 Å². The predicted octanol–water partition coefficient (Wildman–Crippen LogP) is 2.88. The third kappa shape index (κ3) is 3.79. The molecule has 1 N–H and O–H groups in total. The number of carbonyl (C=O) groups is 1. The largest absolute Gasteiger partial charge is 0.342 e. The van der Waals surface area contributed by atoms with E-state index in [0.29, 0.717) is 29.7 Å². The maximum absolute atomic E-state index is 12.3. The maximum Gasteiger partial charge on any atom is 0.243 e. The number of amides is 1. The highest BCUT2D eigenvalue weighted by atomic mass is 16.5. The summed E-state index contributed by atoms with van der Waals surface area (Å²) in [7, 11) is 0. The van der Waals surface area contributed by atoms with Crippen LogP contribution in [0.1, 0.15) is 77.1 Å². The van der Waals surface area contributed by atoms with Crippen molar-refractivity contribution >= 4 is 5.91 Å². The lowest BCUT2D eigenvalue weighted by molar-refractivity contribution is -0.134. The second-order valence-electron chi connectivity index (χ2n) is 7.66. The Kier molecular flexibility index (Phi) is 5.23. The van der Waals surface area contributed by atoms with Gasteiger partial charge in [-0.15, -0.1) is 0 Å². The molecule has 3 atom stereocenters. The number of nitrogens with one attached hydrogen (secondary N) is 1. The molecule has 2 heterocycles. The van der Waals surface area contributed by atoms with Gasteiger partial charge >= 0.3 is 0 Å². The van der Waals surface area contributed by atoms with Gasteiger partial charge in [0, 0.05) is 31.0 Å². The van der Waals surface area contributed by atoms with Crippen LogP contribution in [0.5, 0.6) is 0 Å². The summed E-state index contributed by atoms with van der Waals surface area (Å²) in [5.41, 5.74) is 0. The van der Waals surface area contributed by atoms with Crippen LogP contribution in [0.4, 0.5) is 0 Å². The van der Waals surface area contributed by atoms with Crippen LogP contribution in [-0.4, -0.2) is 40.1 Å². The Morgan fingerprint density at radius 2 is 2.08 bits per heavy atom. The van der Waals surface area contributed by atoms with E-state index in [1.165, 1.54) is 0 Å². The van der Waals surface area contributed by atoms with Gasteiger partial charge in [-0.05, 0) is 32.1 Å². The van der Waals surface area contributed by atoms with E-state index in [1.807, 2.05) is 0 Å². The van der Waals surface area contributed by atoms with Crippen LogP contribution in [0, 0.1) is 11.8 Å². The molecule has 3 rings (SSSR count). The summed E-state index contributed by atoms with van der Waals surface area (Å²) < 4.78 is 5.41. The lowest BCUT2D eigenvalue weighted by Gasteiger charge is -2.39. The van der Waals surface area contributed by atoms with Crippen molar-refractivity contribution in [3.05, 3.63) is 11.7 Å². The Balaban J connectivity index is 1.58. The molecule has 1 aromatic rings. The SMILES string of the molecule is CC[C@@H]1CN(C(=O)C2CC2)CC[C@@H]1N[C@@H](C)c1nc(C(C)C)no1. The van der Waals surface area contributed by atoms with E-state index in [-0.39, 0.29) is 12.0 Å². The van der Waals surface area contributed by atoms with Gasteiger partial charge in [0.2, 0.25) is 11.8 Å². The van der Waals surface area contributed by atoms with Gasteiger partial charge in [0.15, 0.2) is 5.82 Å². The summed E-state index contributed by atoms with van der Waals surface area (Å²) in [5.74, 6) is 2.86. The topological polar surface area (TPSA) is 71.3 Å². The van der Waals surface area contributed by atoms with Crippen LogP contribution in [0.2, 0.25) is 0 Å². The highest BCUT2D eigenvalue weighted by molar-refractivity contribution is 5.81. The molecule has 24 heavy (non-hydrogen) atoms. The van der Waals surface area contributed by atoms with Gasteiger partial charge in [0.25, 0.3) is 0 Å². The second-order valence-corrected chi connectivity index (χ2v) is 7.66. The first-order valence-corrected chi connectivity index (χ1v) is 9.37. The zero-order chi connectivity index (χ0) is 17.3. The molecule has 0 aromatic carbocycles. The molecule has 1 saturated carbocycles. The lowest BCUT2D eigenvalue weighted by Crippen LogP contribution is -2.51. The average molecular weight is 334 g/mol. The Morgan fingerprint density at radius 3 is 2.67 bits per heavy atom. The first-order valence-electron chi connectivity index (χ1n) is 9.37. The predicted molar refractivity (Wildman–Crippen MR) is 91.4 cm³/mol. The zero-order valence-electron chi connectivity index (χ0n) is 15.3. The minimum atomic E-state index is 0.0368. The molecule has 0 bridgehead atoms. The molecule has 1 saturated heterocycles. The lowest BCUT2D eigenvalue weighted by atomic mass is 9.89. The Labute approximate surface area is 144 Å². The molecule has 1 aliphatic heterocycles. The van der Waals surface area contributed by atoms with Gasteiger partial charge in [-0.25, -0.2) is 0 Å². The highest BCUT2D eigenvalue weighted by Gasteiger charge is 2.38. The van der Waals surface area contributed by atoms with E-state index in [1.54, 1.807) is 0 Å². The molecule has 2 aliphatic rings. The van der Waals surface area contributed by atoms with Crippen molar-refractivity contribution in [1.29, 1.82) is 0 Å². The van der Waals surface area contributed by atoms with Crippen molar-refractivity contribution in [2.24, 2.45) is 11.8 Å². The number of carbonyl (C=O) groups excluding carboxylic acids is 1. The first-order chi connectivity index (χ1) is 11.5. The molecule has 6 heteroatoms. The van der Waals surface area contributed by atoms with E-state index >= 15 is 0 Å². The highest BCUT2D eigenvalue weighted by Crippen LogP contribution is 2.33. The molecule has 0 spiro atoms. The second kappa shape index (κ2) is 7.21. The van der Waals surface area contributed by atoms with Crippen LogP contribution in [0.15, 0.2) is 4.52 Å². The Bertz CT molecular complexity index is 567. The summed E-state index contributed by atoms with van der Waals surface area (Å²) in [4.78, 5) is 18.9. The molecular formula is C18H30N4O2. The fourth-order valence-electron chi connectivity index (χ4n) is 3.50. The van der Waals surface area contributed by atoms with Crippen LogP contribution in [-0.2, 0) is 4.79 Å². The summed E-state index contributed by atoms with van der Waals surface area (Å²) in [6.07, 6.45) is 4.23. The summed E-state index contributed by atoms with van der Waals surface area (Å²) in [5, 5.41) is 7.71. The van der Waals surface area contributed by atoms with E-state index in [4.69, 9.17) is 4.52 Å². The average Bonchev–Trinajstić information content (AvgIpc) is 3.30. The molecule has 2 fully saturated rings. The maximum atomic E-state index is 12.3. The zero-order valence-corrected chi connectivity index (χ0v) is 15.3. The van der Waals surface area contributed by atoms with Gasteiger partial charge in [-0.1, -0.05) is 32.3 Å². The molecule has 134 valence electrons. The van der Waals surface area contributed by atoms with Crippen molar-refractivity contribution in [2.45, 2.75) is 71.4 Å². The van der Waals surface area contributed by atoms with E-state index < -0.39 is 0 Å². The Hall–Kier alpha value is -1.43. The van der Waals surface area contributed by atoms with Crippen molar-refractivity contribution in [2.75, 3.05) is 13.1 Å². The molecule has 6 nitrogen and oxygen atoms in total. The van der Waals surface area contributed by atoms with Crippen LogP contribution in [0.3, 0.4) is 0 Å². The molecule has 1 aliphatic carbocycles. The van der Waals surface area contributed by atoms with Crippen molar-refractivity contribution < 1.29 is 9.32 Å². The molecule has 0 unspecified atom stereocenters. The number of rotatable bonds is 6. The minimum absolute atomic E-state index is 0.0368. The smallest absolute Gasteiger partial charge is 0.243 e. The normalized spacial score (nSPS) is 26.0. The van der Waals surface area contributed by atoms with Gasteiger partial charge < -0.3 is 14.7 Å². The van der Waals surface area contributed by atoms with Gasteiger partial charge in [-0.2, -0.15) is 4.98 Å². The third-order valence-electron chi connectivity index (χ3n) is 5.30.